The van der Waals surface area contributed by atoms with Gasteiger partial charge in [0.25, 0.3) is 0 Å². The molecule has 7 nitrogen and oxygen atoms in total. The molecule has 0 atom stereocenters. The molecule has 0 bridgehead atoms. The number of ether oxygens (including phenoxy) is 2. The van der Waals surface area contributed by atoms with Gasteiger partial charge in [-0.1, -0.05) is 23.9 Å². The number of rotatable bonds is 9. The van der Waals surface area contributed by atoms with Gasteiger partial charge in [0.05, 0.1) is 20.0 Å². The molecule has 0 fully saturated rings. The van der Waals surface area contributed by atoms with Gasteiger partial charge in [-0.25, -0.2) is 0 Å². The number of thioether (sulfide) groups is 1. The van der Waals surface area contributed by atoms with Crippen molar-refractivity contribution in [3.63, 3.8) is 0 Å². The molecular formula is C21H24N4O3S. The van der Waals surface area contributed by atoms with E-state index in [0.717, 1.165) is 35.0 Å². The Morgan fingerprint density at radius 2 is 1.62 bits per heavy atom. The Kier molecular flexibility index (Phi) is 7.13. The molecule has 2 aromatic carbocycles. The van der Waals surface area contributed by atoms with E-state index in [1.54, 1.807) is 14.2 Å². The van der Waals surface area contributed by atoms with Crippen LogP contribution in [-0.4, -0.2) is 47.2 Å². The monoisotopic (exact) mass is 412 g/mol. The first kappa shape index (κ1) is 20.7. The quantitative estimate of drug-likeness (QED) is 0.544. The van der Waals surface area contributed by atoms with Crippen LogP contribution >= 0.6 is 11.8 Å². The molecule has 0 aliphatic rings. The SMILES string of the molecule is COc1ccc(CCNC(=O)CSc2nnc(C)n2-c2ccc(OC)cc2)cc1. The van der Waals surface area contributed by atoms with E-state index in [2.05, 4.69) is 15.5 Å². The standard InChI is InChI=1S/C21H24N4O3S/c1-15-23-24-21(25(15)17-6-10-19(28-3)11-7-17)29-14-20(26)22-13-12-16-4-8-18(27-2)9-5-16/h4-11H,12-14H2,1-3H3,(H,22,26). The zero-order valence-electron chi connectivity index (χ0n) is 16.7. The van der Waals surface area contributed by atoms with Crippen molar-refractivity contribution in [3.05, 3.63) is 59.9 Å². The first-order chi connectivity index (χ1) is 14.1. The predicted octanol–water partition coefficient (Wildman–Crippen LogP) is 3.04. The van der Waals surface area contributed by atoms with Gasteiger partial charge in [0.15, 0.2) is 5.16 Å². The molecule has 1 N–H and O–H groups in total. The Bertz CT molecular complexity index is 940. The minimum Gasteiger partial charge on any atom is -0.497 e. The first-order valence-electron chi connectivity index (χ1n) is 9.19. The van der Waals surface area contributed by atoms with Crippen LogP contribution in [0.15, 0.2) is 53.7 Å². The summed E-state index contributed by atoms with van der Waals surface area (Å²) in [6.45, 7) is 2.46. The van der Waals surface area contributed by atoms with Gasteiger partial charge in [0, 0.05) is 12.2 Å². The highest BCUT2D eigenvalue weighted by molar-refractivity contribution is 7.99. The van der Waals surface area contributed by atoms with Crippen LogP contribution in [0.2, 0.25) is 0 Å². The molecule has 0 unspecified atom stereocenters. The number of benzene rings is 2. The van der Waals surface area contributed by atoms with Gasteiger partial charge in [-0.2, -0.15) is 0 Å². The molecular weight excluding hydrogens is 388 g/mol. The summed E-state index contributed by atoms with van der Waals surface area (Å²) in [7, 11) is 3.28. The molecule has 8 heteroatoms. The van der Waals surface area contributed by atoms with Gasteiger partial charge in [0.1, 0.15) is 17.3 Å². The smallest absolute Gasteiger partial charge is 0.230 e. The number of carbonyl (C=O) groups excluding carboxylic acids is 1. The fourth-order valence-electron chi connectivity index (χ4n) is 2.78. The fraction of sp³-hybridized carbons (Fsp3) is 0.286. The summed E-state index contributed by atoms with van der Waals surface area (Å²) in [4.78, 5) is 12.2. The summed E-state index contributed by atoms with van der Waals surface area (Å²) in [5.41, 5.74) is 2.07. The number of nitrogens with zero attached hydrogens (tertiary/aromatic N) is 3. The topological polar surface area (TPSA) is 78.3 Å². The lowest BCUT2D eigenvalue weighted by Gasteiger charge is -2.09. The van der Waals surface area contributed by atoms with Crippen LogP contribution in [0.1, 0.15) is 11.4 Å². The highest BCUT2D eigenvalue weighted by atomic mass is 32.2. The summed E-state index contributed by atoms with van der Waals surface area (Å²) < 4.78 is 12.3. The van der Waals surface area contributed by atoms with Gasteiger partial charge >= 0.3 is 0 Å². The van der Waals surface area contributed by atoms with Crippen molar-refractivity contribution < 1.29 is 14.3 Å². The van der Waals surface area contributed by atoms with Crippen LogP contribution in [-0.2, 0) is 11.2 Å². The van der Waals surface area contributed by atoms with Crippen LogP contribution < -0.4 is 14.8 Å². The average Bonchev–Trinajstić information content (AvgIpc) is 3.13. The maximum absolute atomic E-state index is 12.2. The van der Waals surface area contributed by atoms with Crippen molar-refractivity contribution in [3.8, 4) is 17.2 Å². The van der Waals surface area contributed by atoms with E-state index in [-0.39, 0.29) is 11.7 Å². The Labute approximate surface area is 174 Å². The summed E-state index contributed by atoms with van der Waals surface area (Å²) in [6, 6.07) is 15.5. The van der Waals surface area contributed by atoms with Crippen molar-refractivity contribution in [2.24, 2.45) is 0 Å². The summed E-state index contributed by atoms with van der Waals surface area (Å²) in [6.07, 6.45) is 0.765. The largest absolute Gasteiger partial charge is 0.497 e. The van der Waals surface area contributed by atoms with Crippen molar-refractivity contribution in [2.45, 2.75) is 18.5 Å². The van der Waals surface area contributed by atoms with Crippen molar-refractivity contribution in [1.29, 1.82) is 0 Å². The number of aryl methyl sites for hydroxylation is 1. The van der Waals surface area contributed by atoms with E-state index in [1.165, 1.54) is 11.8 Å². The summed E-state index contributed by atoms with van der Waals surface area (Å²) in [5.74, 6) is 2.61. The van der Waals surface area contributed by atoms with Crippen LogP contribution in [0.5, 0.6) is 11.5 Å². The van der Waals surface area contributed by atoms with E-state index in [1.807, 2.05) is 60.0 Å². The molecule has 0 saturated carbocycles. The van der Waals surface area contributed by atoms with Crippen molar-refractivity contribution in [1.82, 2.24) is 20.1 Å². The molecule has 0 saturated heterocycles. The van der Waals surface area contributed by atoms with E-state index >= 15 is 0 Å². The van der Waals surface area contributed by atoms with Crippen LogP contribution in [0, 0.1) is 6.92 Å². The Balaban J connectivity index is 1.52. The number of aromatic nitrogens is 3. The van der Waals surface area contributed by atoms with Gasteiger partial charge in [-0.15, -0.1) is 10.2 Å². The lowest BCUT2D eigenvalue weighted by Crippen LogP contribution is -2.27. The average molecular weight is 413 g/mol. The minimum atomic E-state index is -0.0366. The number of carbonyl (C=O) groups is 1. The van der Waals surface area contributed by atoms with Gasteiger partial charge in [0.2, 0.25) is 5.91 Å². The van der Waals surface area contributed by atoms with Gasteiger partial charge in [-0.05, 0) is 55.3 Å². The third-order valence-corrected chi connectivity index (χ3v) is 5.28. The van der Waals surface area contributed by atoms with Gasteiger partial charge < -0.3 is 14.8 Å². The third kappa shape index (κ3) is 5.51. The van der Waals surface area contributed by atoms with E-state index in [4.69, 9.17) is 9.47 Å². The normalized spacial score (nSPS) is 10.6. The second-order valence-corrected chi connectivity index (χ2v) is 7.24. The number of hydrogen-bond donors (Lipinski definition) is 1. The van der Waals surface area contributed by atoms with Gasteiger partial charge in [-0.3, -0.25) is 9.36 Å². The highest BCUT2D eigenvalue weighted by Crippen LogP contribution is 2.23. The van der Waals surface area contributed by atoms with Crippen LogP contribution in [0.3, 0.4) is 0 Å². The predicted molar refractivity (Wildman–Crippen MR) is 113 cm³/mol. The lowest BCUT2D eigenvalue weighted by atomic mass is 10.1. The van der Waals surface area contributed by atoms with E-state index in [0.29, 0.717) is 11.7 Å². The van der Waals surface area contributed by atoms with Crippen molar-refractivity contribution >= 4 is 17.7 Å². The van der Waals surface area contributed by atoms with E-state index in [9.17, 15) is 4.79 Å². The second-order valence-electron chi connectivity index (χ2n) is 6.30. The highest BCUT2D eigenvalue weighted by Gasteiger charge is 2.13. The zero-order chi connectivity index (χ0) is 20.6. The molecule has 29 heavy (non-hydrogen) atoms. The van der Waals surface area contributed by atoms with Crippen molar-refractivity contribution in [2.75, 3.05) is 26.5 Å². The Morgan fingerprint density at radius 3 is 2.24 bits per heavy atom. The second kappa shape index (κ2) is 9.97. The summed E-state index contributed by atoms with van der Waals surface area (Å²) in [5, 5.41) is 12.0. The molecule has 1 heterocycles. The van der Waals surface area contributed by atoms with E-state index < -0.39 is 0 Å². The molecule has 1 aromatic heterocycles. The maximum atomic E-state index is 12.2. The molecule has 0 spiro atoms. The van der Waals surface area contributed by atoms with Crippen LogP contribution in [0.25, 0.3) is 5.69 Å². The molecule has 3 aromatic rings. The molecule has 0 aliphatic carbocycles. The van der Waals surface area contributed by atoms with Crippen LogP contribution in [0.4, 0.5) is 0 Å². The fourth-order valence-corrected chi connectivity index (χ4v) is 3.61. The summed E-state index contributed by atoms with van der Waals surface area (Å²) >= 11 is 1.36. The third-order valence-electron chi connectivity index (χ3n) is 4.35. The minimum absolute atomic E-state index is 0.0366. The molecule has 3 rings (SSSR count). The molecule has 0 aliphatic heterocycles. The molecule has 0 radical (unpaired) electrons. The number of nitrogens with one attached hydrogen (secondary N) is 1. The lowest BCUT2D eigenvalue weighted by molar-refractivity contribution is -0.118. The Morgan fingerprint density at radius 1 is 1.00 bits per heavy atom. The molecule has 152 valence electrons. The first-order valence-corrected chi connectivity index (χ1v) is 10.2. The maximum Gasteiger partial charge on any atom is 0.230 e. The zero-order valence-corrected chi connectivity index (χ0v) is 17.5. The number of methoxy groups -OCH3 is 2. The number of hydrogen-bond acceptors (Lipinski definition) is 6. The molecule has 1 amide bonds. The Hall–Kier alpha value is -3.00. The number of amides is 1.